The van der Waals surface area contributed by atoms with Crippen LogP contribution in [0.25, 0.3) is 0 Å². The Balaban J connectivity index is 2.08. The Morgan fingerprint density at radius 2 is 2.22 bits per heavy atom. The number of aliphatic hydroxyl groups is 1. The number of sulfonamides is 1. The van der Waals surface area contributed by atoms with Crippen LogP contribution in [0.5, 0.6) is 0 Å². The molecule has 18 heavy (non-hydrogen) atoms. The summed E-state index contributed by atoms with van der Waals surface area (Å²) in [5.41, 5.74) is 0. The van der Waals surface area contributed by atoms with Gasteiger partial charge in [0.2, 0.25) is 10.0 Å². The Bertz CT molecular complexity index is 546. The second-order valence-electron chi connectivity index (χ2n) is 4.29. The molecule has 0 atom stereocenters. The smallest absolute Gasteiger partial charge is 0.243 e. The third-order valence-electron chi connectivity index (χ3n) is 2.84. The van der Waals surface area contributed by atoms with Crippen molar-refractivity contribution < 1.29 is 13.5 Å². The van der Waals surface area contributed by atoms with Gasteiger partial charge in [-0.25, -0.2) is 18.1 Å². The quantitative estimate of drug-likeness (QED) is 0.803. The first-order valence-electron chi connectivity index (χ1n) is 5.37. The first kappa shape index (κ1) is 14.2. The van der Waals surface area contributed by atoms with Crippen molar-refractivity contribution in [1.82, 2.24) is 9.71 Å². The lowest BCUT2D eigenvalue weighted by atomic mass is 9.83. The van der Waals surface area contributed by atoms with Crippen molar-refractivity contribution in [2.45, 2.75) is 23.8 Å². The molecule has 1 fully saturated rings. The minimum absolute atomic E-state index is 0.0431. The minimum atomic E-state index is -3.66. The molecule has 0 saturated heterocycles. The summed E-state index contributed by atoms with van der Waals surface area (Å²) in [7, 11) is -3.66. The summed E-state index contributed by atoms with van der Waals surface area (Å²) in [4.78, 5) is 3.73. The second-order valence-corrected chi connectivity index (χ2v) is 7.29. The summed E-state index contributed by atoms with van der Waals surface area (Å²) >= 11 is 8.93. The topological polar surface area (TPSA) is 79.3 Å². The molecule has 1 heterocycles. The molecule has 0 spiro atoms. The molecule has 1 aromatic rings. The molecule has 2 N–H and O–H groups in total. The van der Waals surface area contributed by atoms with Gasteiger partial charge in [0.25, 0.3) is 0 Å². The highest BCUT2D eigenvalue weighted by atomic mass is 79.9. The number of halogens is 2. The van der Waals surface area contributed by atoms with Crippen LogP contribution in [0.1, 0.15) is 12.8 Å². The zero-order chi connectivity index (χ0) is 13.3. The molecular formula is C10H12BrClN2O3S. The fourth-order valence-electron chi connectivity index (χ4n) is 1.76. The standard InChI is InChI=1S/C10H12BrClN2O3S/c11-7-3-9(10(12)13-5-7)18(16,17)14-4-6-1-8(15)2-6/h3,5-6,8,14-15H,1-2,4H2. The van der Waals surface area contributed by atoms with E-state index in [-0.39, 0.29) is 22.1 Å². The summed E-state index contributed by atoms with van der Waals surface area (Å²) in [6.45, 7) is 0.308. The molecule has 1 saturated carbocycles. The Kier molecular flexibility index (Phi) is 4.28. The lowest BCUT2D eigenvalue weighted by Gasteiger charge is -2.31. The maximum atomic E-state index is 12.0. The van der Waals surface area contributed by atoms with Gasteiger partial charge in [-0.15, -0.1) is 0 Å². The largest absolute Gasteiger partial charge is 0.393 e. The van der Waals surface area contributed by atoms with Crippen molar-refractivity contribution >= 4 is 37.6 Å². The van der Waals surface area contributed by atoms with Gasteiger partial charge in [-0.1, -0.05) is 11.6 Å². The molecule has 0 unspecified atom stereocenters. The molecule has 0 aromatic carbocycles. The van der Waals surface area contributed by atoms with E-state index in [1.165, 1.54) is 12.3 Å². The second kappa shape index (κ2) is 5.42. The van der Waals surface area contributed by atoms with Gasteiger partial charge >= 0.3 is 0 Å². The van der Waals surface area contributed by atoms with Gasteiger partial charge in [-0.05, 0) is 40.8 Å². The molecule has 1 aromatic heterocycles. The van der Waals surface area contributed by atoms with Crippen LogP contribution in [0.2, 0.25) is 5.15 Å². The molecule has 1 aliphatic rings. The van der Waals surface area contributed by atoms with Gasteiger partial charge in [-0.2, -0.15) is 0 Å². The summed E-state index contributed by atoms with van der Waals surface area (Å²) in [5.74, 6) is 0.189. The molecule has 0 radical (unpaired) electrons. The lowest BCUT2D eigenvalue weighted by Crippen LogP contribution is -2.38. The van der Waals surface area contributed by atoms with Crippen molar-refractivity contribution in [3.63, 3.8) is 0 Å². The predicted octanol–water partition coefficient (Wildman–Crippen LogP) is 1.55. The maximum absolute atomic E-state index is 12.0. The number of pyridine rings is 1. The Morgan fingerprint density at radius 1 is 1.56 bits per heavy atom. The van der Waals surface area contributed by atoms with Crippen LogP contribution in [0, 0.1) is 5.92 Å². The third kappa shape index (κ3) is 3.21. The summed E-state index contributed by atoms with van der Waals surface area (Å²) in [5, 5.41) is 9.07. The van der Waals surface area contributed by atoms with Crippen molar-refractivity contribution in [2.24, 2.45) is 5.92 Å². The summed E-state index contributed by atoms with van der Waals surface area (Å²) in [6.07, 6.45) is 2.40. The number of rotatable bonds is 4. The fourth-order valence-corrected chi connectivity index (χ4v) is 3.82. The average molecular weight is 356 g/mol. The van der Waals surface area contributed by atoms with Gasteiger partial charge in [0, 0.05) is 17.2 Å². The number of hydrogen-bond donors (Lipinski definition) is 2. The number of hydrogen-bond acceptors (Lipinski definition) is 4. The van der Waals surface area contributed by atoms with Gasteiger partial charge in [0.05, 0.1) is 6.10 Å². The normalized spacial score (nSPS) is 23.7. The highest BCUT2D eigenvalue weighted by Gasteiger charge is 2.29. The SMILES string of the molecule is O=S(=O)(NCC1CC(O)C1)c1cc(Br)cnc1Cl. The van der Waals surface area contributed by atoms with E-state index in [9.17, 15) is 8.42 Å². The van der Waals surface area contributed by atoms with E-state index in [0.29, 0.717) is 23.9 Å². The van der Waals surface area contributed by atoms with E-state index in [1.807, 2.05) is 0 Å². The van der Waals surface area contributed by atoms with Crippen molar-refractivity contribution in [3.8, 4) is 0 Å². The van der Waals surface area contributed by atoms with Crippen LogP contribution in [0.15, 0.2) is 21.6 Å². The van der Waals surface area contributed by atoms with Gasteiger partial charge < -0.3 is 5.11 Å². The molecule has 1 aliphatic carbocycles. The number of aliphatic hydroxyl groups excluding tert-OH is 1. The average Bonchev–Trinajstić information content (AvgIpc) is 2.26. The number of nitrogens with zero attached hydrogens (tertiary/aromatic N) is 1. The van der Waals surface area contributed by atoms with Gasteiger partial charge in [0.1, 0.15) is 10.0 Å². The molecular weight excluding hydrogens is 344 g/mol. The van der Waals surface area contributed by atoms with Gasteiger partial charge in [0.15, 0.2) is 0 Å². The third-order valence-corrected chi connectivity index (χ3v) is 5.12. The summed E-state index contributed by atoms with van der Waals surface area (Å²) in [6, 6.07) is 1.41. The monoisotopic (exact) mass is 354 g/mol. The highest BCUT2D eigenvalue weighted by Crippen LogP contribution is 2.27. The lowest BCUT2D eigenvalue weighted by molar-refractivity contribution is 0.0453. The Labute approximate surface area is 119 Å². The molecule has 0 amide bonds. The molecule has 2 rings (SSSR count). The fraction of sp³-hybridized carbons (Fsp3) is 0.500. The van der Waals surface area contributed by atoms with Crippen LogP contribution >= 0.6 is 27.5 Å². The van der Waals surface area contributed by atoms with Crippen LogP contribution in [-0.4, -0.2) is 31.2 Å². The first-order valence-corrected chi connectivity index (χ1v) is 8.02. The van der Waals surface area contributed by atoms with Crippen LogP contribution in [-0.2, 0) is 10.0 Å². The van der Waals surface area contributed by atoms with Crippen molar-refractivity contribution in [3.05, 3.63) is 21.9 Å². The van der Waals surface area contributed by atoms with E-state index >= 15 is 0 Å². The Morgan fingerprint density at radius 3 is 2.83 bits per heavy atom. The predicted molar refractivity (Wildman–Crippen MR) is 70.9 cm³/mol. The van der Waals surface area contributed by atoms with E-state index in [4.69, 9.17) is 16.7 Å². The number of nitrogens with one attached hydrogen (secondary N) is 1. The van der Waals surface area contributed by atoms with E-state index in [1.54, 1.807) is 0 Å². The molecule has 100 valence electrons. The molecule has 0 aliphatic heterocycles. The summed E-state index contributed by atoms with van der Waals surface area (Å²) < 4.78 is 27.1. The maximum Gasteiger partial charge on any atom is 0.243 e. The molecule has 0 bridgehead atoms. The number of aromatic nitrogens is 1. The Hall–Kier alpha value is -0.210. The molecule has 8 heteroatoms. The van der Waals surface area contributed by atoms with Crippen molar-refractivity contribution in [2.75, 3.05) is 6.54 Å². The first-order chi connectivity index (χ1) is 8.38. The van der Waals surface area contributed by atoms with E-state index < -0.39 is 10.0 Å². The van der Waals surface area contributed by atoms with Gasteiger partial charge in [-0.3, -0.25) is 0 Å². The van der Waals surface area contributed by atoms with Crippen LogP contribution in [0.4, 0.5) is 0 Å². The molecule has 5 nitrogen and oxygen atoms in total. The zero-order valence-corrected chi connectivity index (χ0v) is 12.5. The highest BCUT2D eigenvalue weighted by molar-refractivity contribution is 9.10. The van der Waals surface area contributed by atoms with Crippen molar-refractivity contribution in [1.29, 1.82) is 0 Å². The zero-order valence-electron chi connectivity index (χ0n) is 9.31. The van der Waals surface area contributed by atoms with E-state index in [0.717, 1.165) is 0 Å². The van der Waals surface area contributed by atoms with E-state index in [2.05, 4.69) is 25.6 Å². The minimum Gasteiger partial charge on any atom is -0.393 e. The van der Waals surface area contributed by atoms with Crippen LogP contribution < -0.4 is 4.72 Å². The van der Waals surface area contributed by atoms with Crippen LogP contribution in [0.3, 0.4) is 0 Å².